The largest absolute Gasteiger partial charge is 0.384 e. The van der Waals surface area contributed by atoms with E-state index in [1.165, 1.54) is 33.6 Å². The summed E-state index contributed by atoms with van der Waals surface area (Å²) in [4.78, 5) is 29.3. The fourth-order valence-electron chi connectivity index (χ4n) is 3.18. The van der Waals surface area contributed by atoms with Crippen LogP contribution in [0.2, 0.25) is 0 Å². The highest BCUT2D eigenvalue weighted by Crippen LogP contribution is 2.28. The van der Waals surface area contributed by atoms with Crippen LogP contribution in [0.3, 0.4) is 0 Å². The van der Waals surface area contributed by atoms with Gasteiger partial charge in [0.05, 0.1) is 18.1 Å². The lowest BCUT2D eigenvalue weighted by atomic mass is 9.79. The number of amides is 1. The number of carbonyl (C=O) groups is 1. The van der Waals surface area contributed by atoms with Crippen LogP contribution in [0.25, 0.3) is 4.96 Å². The number of carbonyl (C=O) groups excluding carboxylic acids is 1. The summed E-state index contributed by atoms with van der Waals surface area (Å²) in [5.41, 5.74) is 0.661. The molecule has 0 saturated carbocycles. The average Bonchev–Trinajstić information content (AvgIpc) is 3.10. The van der Waals surface area contributed by atoms with Gasteiger partial charge in [0.25, 0.3) is 5.56 Å². The highest BCUT2D eigenvalue weighted by atomic mass is 32.2. The zero-order chi connectivity index (χ0) is 18.4. The first-order chi connectivity index (χ1) is 12.6. The van der Waals surface area contributed by atoms with Gasteiger partial charge >= 0.3 is 0 Å². The number of methoxy groups -OCH3 is 1. The molecule has 0 atom stereocenters. The molecular formula is C17H24N4O3S2. The fourth-order valence-corrected chi connectivity index (χ4v) is 4.67. The van der Waals surface area contributed by atoms with Crippen LogP contribution in [0.1, 0.15) is 18.5 Å². The lowest BCUT2D eigenvalue weighted by molar-refractivity contribution is -0.119. The molecule has 1 aliphatic heterocycles. The molecular weight excluding hydrogens is 372 g/mol. The van der Waals surface area contributed by atoms with E-state index in [1.807, 2.05) is 5.38 Å². The first-order valence-electron chi connectivity index (χ1n) is 8.62. The topological polar surface area (TPSA) is 84.7 Å². The molecule has 3 rings (SSSR count). The van der Waals surface area contributed by atoms with Gasteiger partial charge in [0.15, 0.2) is 4.96 Å². The van der Waals surface area contributed by atoms with E-state index in [1.54, 1.807) is 13.3 Å². The van der Waals surface area contributed by atoms with Gasteiger partial charge in [-0.2, -0.15) is 0 Å². The lowest BCUT2D eigenvalue weighted by Gasteiger charge is -2.37. The van der Waals surface area contributed by atoms with Crippen LogP contribution in [0.15, 0.2) is 22.4 Å². The Morgan fingerprint density at radius 1 is 1.50 bits per heavy atom. The number of thioether (sulfide) groups is 1. The summed E-state index contributed by atoms with van der Waals surface area (Å²) in [5.74, 6) is 0.912. The number of rotatable bonds is 8. The van der Waals surface area contributed by atoms with Gasteiger partial charge in [0.1, 0.15) is 0 Å². The Morgan fingerprint density at radius 2 is 2.31 bits per heavy atom. The van der Waals surface area contributed by atoms with Crippen LogP contribution in [0, 0.1) is 5.41 Å². The monoisotopic (exact) mass is 396 g/mol. The predicted molar refractivity (Wildman–Crippen MR) is 105 cm³/mol. The third-order valence-corrected chi connectivity index (χ3v) is 6.34. The van der Waals surface area contributed by atoms with Gasteiger partial charge in [-0.15, -0.1) is 23.1 Å². The number of nitrogens with zero attached hydrogens (tertiary/aromatic N) is 2. The van der Waals surface area contributed by atoms with Crippen LogP contribution in [-0.2, 0) is 15.3 Å². The molecule has 0 aromatic carbocycles. The Bertz CT molecular complexity index is 793. The summed E-state index contributed by atoms with van der Waals surface area (Å²) in [6.07, 6.45) is 3.72. The summed E-state index contributed by atoms with van der Waals surface area (Å²) in [6.45, 7) is 3.22. The smallest absolute Gasteiger partial charge is 0.258 e. The van der Waals surface area contributed by atoms with E-state index in [4.69, 9.17) is 4.74 Å². The van der Waals surface area contributed by atoms with E-state index >= 15 is 0 Å². The normalized spacial score (nSPS) is 16.7. The molecule has 9 heteroatoms. The molecule has 0 aliphatic carbocycles. The standard InChI is InChI=1S/C17H24N4O3S2/c1-24-12-17(2-4-18-5-3-17)11-19-14(22)10-25-9-13-8-15(23)21-6-7-26-16(21)20-13/h6-8,18H,2-5,9-12H2,1H3,(H,19,22). The number of aromatic nitrogens is 2. The van der Waals surface area contributed by atoms with Gasteiger partial charge in [0, 0.05) is 42.5 Å². The zero-order valence-electron chi connectivity index (χ0n) is 14.8. The number of ether oxygens (including phenoxy) is 1. The van der Waals surface area contributed by atoms with Gasteiger partial charge in [0.2, 0.25) is 5.91 Å². The van der Waals surface area contributed by atoms with Crippen molar-refractivity contribution in [2.75, 3.05) is 39.1 Å². The van der Waals surface area contributed by atoms with Crippen molar-refractivity contribution in [1.29, 1.82) is 0 Å². The Kier molecular flexibility index (Phi) is 6.68. The number of hydrogen-bond acceptors (Lipinski definition) is 7. The van der Waals surface area contributed by atoms with Crippen molar-refractivity contribution in [3.8, 4) is 0 Å². The van der Waals surface area contributed by atoms with Gasteiger partial charge in [-0.25, -0.2) is 4.98 Å². The lowest BCUT2D eigenvalue weighted by Crippen LogP contribution is -2.47. The maximum atomic E-state index is 12.2. The maximum absolute atomic E-state index is 12.2. The third kappa shape index (κ3) is 4.85. The van der Waals surface area contributed by atoms with Crippen LogP contribution in [0.4, 0.5) is 0 Å². The molecule has 0 unspecified atom stereocenters. The molecule has 7 nitrogen and oxygen atoms in total. The van der Waals surface area contributed by atoms with Crippen LogP contribution in [0.5, 0.6) is 0 Å². The van der Waals surface area contributed by atoms with Crippen molar-refractivity contribution >= 4 is 34.0 Å². The molecule has 1 fully saturated rings. The highest BCUT2D eigenvalue weighted by molar-refractivity contribution is 7.99. The number of fused-ring (bicyclic) bond motifs is 1. The molecule has 142 valence electrons. The average molecular weight is 397 g/mol. The summed E-state index contributed by atoms with van der Waals surface area (Å²) in [5, 5.41) is 8.23. The van der Waals surface area contributed by atoms with Gasteiger partial charge in [-0.3, -0.25) is 14.0 Å². The minimum absolute atomic E-state index is 0.0120. The summed E-state index contributed by atoms with van der Waals surface area (Å²) in [6, 6.07) is 1.53. The maximum Gasteiger partial charge on any atom is 0.258 e. The number of piperidine rings is 1. The first-order valence-corrected chi connectivity index (χ1v) is 10.7. The predicted octanol–water partition coefficient (Wildman–Crippen LogP) is 1.12. The molecule has 2 aromatic rings. The summed E-state index contributed by atoms with van der Waals surface area (Å²) in [7, 11) is 1.71. The molecule has 26 heavy (non-hydrogen) atoms. The van der Waals surface area contributed by atoms with Crippen molar-refractivity contribution in [3.63, 3.8) is 0 Å². The van der Waals surface area contributed by atoms with Crippen LogP contribution >= 0.6 is 23.1 Å². The van der Waals surface area contributed by atoms with E-state index in [2.05, 4.69) is 15.6 Å². The zero-order valence-corrected chi connectivity index (χ0v) is 16.5. The number of nitrogens with one attached hydrogen (secondary N) is 2. The Hall–Kier alpha value is -1.42. The van der Waals surface area contributed by atoms with Crippen LogP contribution < -0.4 is 16.2 Å². The SMILES string of the molecule is COCC1(CNC(=O)CSCc2cc(=O)n3ccsc3n2)CCNCC1. The quantitative estimate of drug-likeness (QED) is 0.696. The molecule has 1 aliphatic rings. The number of thiazole rings is 1. The molecule has 3 heterocycles. The molecule has 0 radical (unpaired) electrons. The summed E-state index contributed by atoms with van der Waals surface area (Å²) >= 11 is 2.90. The van der Waals surface area contributed by atoms with Gasteiger partial charge < -0.3 is 15.4 Å². The second-order valence-corrected chi connectivity index (χ2v) is 8.45. The van der Waals surface area contributed by atoms with Gasteiger partial charge in [-0.1, -0.05) is 0 Å². The van der Waals surface area contributed by atoms with Crippen molar-refractivity contribution in [2.24, 2.45) is 5.41 Å². The minimum Gasteiger partial charge on any atom is -0.384 e. The Balaban J connectivity index is 1.46. The Morgan fingerprint density at radius 3 is 3.08 bits per heavy atom. The van der Waals surface area contributed by atoms with E-state index in [0.717, 1.165) is 25.9 Å². The summed E-state index contributed by atoms with van der Waals surface area (Å²) < 4.78 is 6.90. The molecule has 0 bridgehead atoms. The van der Waals surface area contributed by atoms with Crippen molar-refractivity contribution in [3.05, 3.63) is 33.7 Å². The Labute approximate surface area is 160 Å². The van der Waals surface area contributed by atoms with E-state index in [9.17, 15) is 9.59 Å². The van der Waals surface area contributed by atoms with Gasteiger partial charge in [-0.05, 0) is 25.9 Å². The molecule has 1 amide bonds. The van der Waals surface area contributed by atoms with Crippen molar-refractivity contribution in [2.45, 2.75) is 18.6 Å². The van der Waals surface area contributed by atoms with E-state index < -0.39 is 0 Å². The second kappa shape index (κ2) is 8.98. The number of hydrogen-bond donors (Lipinski definition) is 2. The highest BCUT2D eigenvalue weighted by Gasteiger charge is 2.32. The van der Waals surface area contributed by atoms with Crippen molar-refractivity contribution < 1.29 is 9.53 Å². The first kappa shape index (κ1) is 19.3. The molecule has 1 saturated heterocycles. The molecule has 2 aromatic heterocycles. The molecule has 2 N–H and O–H groups in total. The van der Waals surface area contributed by atoms with Crippen molar-refractivity contribution in [1.82, 2.24) is 20.0 Å². The minimum atomic E-state index is -0.0799. The van der Waals surface area contributed by atoms with E-state index in [-0.39, 0.29) is 16.9 Å². The van der Waals surface area contributed by atoms with Crippen LogP contribution in [-0.4, -0.2) is 54.4 Å². The third-order valence-electron chi connectivity index (χ3n) is 4.61. The fraction of sp³-hybridized carbons (Fsp3) is 0.588. The van der Waals surface area contributed by atoms with E-state index in [0.29, 0.717) is 35.3 Å². The second-order valence-electron chi connectivity index (χ2n) is 6.59. The molecule has 0 spiro atoms.